The van der Waals surface area contributed by atoms with E-state index in [0.717, 1.165) is 11.3 Å². The minimum atomic E-state index is -0.667. The third-order valence-electron chi connectivity index (χ3n) is 3.46. The molecule has 0 fully saturated rings. The average molecular weight is 363 g/mol. The standard InChI is InChI=1S/C18H19ClN2O4/c1-24-14-5-2-12(3-6-14)8-9-21-17(22)11-25-18(23)15-7-4-13(19)10-16(15)20/h2-7,10H,8-9,11,20H2,1H3,(H,21,22). The van der Waals surface area contributed by atoms with Gasteiger partial charge in [-0.3, -0.25) is 4.79 Å². The quantitative estimate of drug-likeness (QED) is 0.583. The molecule has 132 valence electrons. The Morgan fingerprint density at radius 2 is 1.88 bits per heavy atom. The van der Waals surface area contributed by atoms with Crippen molar-refractivity contribution in [1.29, 1.82) is 0 Å². The van der Waals surface area contributed by atoms with Gasteiger partial charge in [-0.15, -0.1) is 0 Å². The molecule has 3 N–H and O–H groups in total. The van der Waals surface area contributed by atoms with Gasteiger partial charge in [0.1, 0.15) is 5.75 Å². The highest BCUT2D eigenvalue weighted by atomic mass is 35.5. The first-order valence-corrected chi connectivity index (χ1v) is 7.99. The molecule has 0 spiro atoms. The van der Waals surface area contributed by atoms with E-state index in [4.69, 9.17) is 26.8 Å². The first-order valence-electron chi connectivity index (χ1n) is 7.61. The highest BCUT2D eigenvalue weighted by molar-refractivity contribution is 6.31. The number of ether oxygens (including phenoxy) is 2. The highest BCUT2D eigenvalue weighted by Crippen LogP contribution is 2.18. The number of rotatable bonds is 7. The first kappa shape index (κ1) is 18.6. The molecule has 0 saturated heterocycles. The number of esters is 1. The van der Waals surface area contributed by atoms with Crippen LogP contribution in [0.15, 0.2) is 42.5 Å². The van der Waals surface area contributed by atoms with Gasteiger partial charge in [-0.05, 0) is 42.3 Å². The van der Waals surface area contributed by atoms with Crippen molar-refractivity contribution in [3.8, 4) is 5.75 Å². The van der Waals surface area contributed by atoms with Crippen molar-refractivity contribution in [3.63, 3.8) is 0 Å². The zero-order chi connectivity index (χ0) is 18.2. The Morgan fingerprint density at radius 1 is 1.16 bits per heavy atom. The van der Waals surface area contributed by atoms with Gasteiger partial charge in [0.15, 0.2) is 6.61 Å². The van der Waals surface area contributed by atoms with Gasteiger partial charge in [-0.1, -0.05) is 23.7 Å². The lowest BCUT2D eigenvalue weighted by atomic mass is 10.1. The summed E-state index contributed by atoms with van der Waals surface area (Å²) in [5, 5.41) is 3.11. The zero-order valence-corrected chi connectivity index (χ0v) is 14.5. The molecule has 0 saturated carbocycles. The summed E-state index contributed by atoms with van der Waals surface area (Å²) in [7, 11) is 1.61. The fourth-order valence-electron chi connectivity index (χ4n) is 2.12. The van der Waals surface area contributed by atoms with Gasteiger partial charge in [0.25, 0.3) is 5.91 Å². The van der Waals surface area contributed by atoms with Gasteiger partial charge < -0.3 is 20.5 Å². The normalized spacial score (nSPS) is 10.2. The average Bonchev–Trinajstić information content (AvgIpc) is 2.60. The summed E-state index contributed by atoms with van der Waals surface area (Å²) in [6.45, 7) is 0.0648. The zero-order valence-electron chi connectivity index (χ0n) is 13.8. The lowest BCUT2D eigenvalue weighted by Gasteiger charge is -2.08. The second kappa shape index (κ2) is 8.94. The Morgan fingerprint density at radius 3 is 2.52 bits per heavy atom. The van der Waals surface area contributed by atoms with Crippen molar-refractivity contribution in [1.82, 2.24) is 5.32 Å². The van der Waals surface area contributed by atoms with Gasteiger partial charge in [0.05, 0.1) is 12.7 Å². The molecule has 0 aliphatic heterocycles. The van der Waals surface area contributed by atoms with E-state index in [1.807, 2.05) is 24.3 Å². The van der Waals surface area contributed by atoms with Crippen molar-refractivity contribution in [2.45, 2.75) is 6.42 Å². The van der Waals surface area contributed by atoms with Crippen LogP contribution in [0.3, 0.4) is 0 Å². The summed E-state index contributed by atoms with van der Waals surface area (Å²) in [5.74, 6) is -0.268. The minimum absolute atomic E-state index is 0.176. The molecule has 1 amide bonds. The minimum Gasteiger partial charge on any atom is -0.497 e. The van der Waals surface area contributed by atoms with Crippen LogP contribution in [0.4, 0.5) is 5.69 Å². The summed E-state index contributed by atoms with van der Waals surface area (Å²) >= 11 is 5.77. The molecule has 2 aromatic carbocycles. The summed E-state index contributed by atoms with van der Waals surface area (Å²) in [6, 6.07) is 12.0. The lowest BCUT2D eigenvalue weighted by Crippen LogP contribution is -2.30. The fraction of sp³-hybridized carbons (Fsp3) is 0.222. The molecule has 0 radical (unpaired) electrons. The number of benzene rings is 2. The van der Waals surface area contributed by atoms with E-state index in [1.54, 1.807) is 7.11 Å². The van der Waals surface area contributed by atoms with E-state index in [2.05, 4.69) is 5.32 Å². The SMILES string of the molecule is COc1ccc(CCNC(=O)COC(=O)c2ccc(Cl)cc2N)cc1. The van der Waals surface area contributed by atoms with Gasteiger partial charge in [0.2, 0.25) is 0 Å². The van der Waals surface area contributed by atoms with E-state index in [9.17, 15) is 9.59 Å². The van der Waals surface area contributed by atoms with Crippen LogP contribution < -0.4 is 15.8 Å². The second-order valence-corrected chi connectivity index (χ2v) is 5.69. The van der Waals surface area contributed by atoms with Crippen LogP contribution in [0.5, 0.6) is 5.75 Å². The Hall–Kier alpha value is -2.73. The summed E-state index contributed by atoms with van der Waals surface area (Å²) in [5.41, 5.74) is 7.14. The van der Waals surface area contributed by atoms with Crippen LogP contribution >= 0.6 is 11.6 Å². The summed E-state index contributed by atoms with van der Waals surface area (Å²) in [4.78, 5) is 23.6. The molecule has 0 aromatic heterocycles. The topological polar surface area (TPSA) is 90.6 Å². The molecular formula is C18H19ClN2O4. The number of hydrogen-bond acceptors (Lipinski definition) is 5. The number of carbonyl (C=O) groups excluding carboxylic acids is 2. The fourth-order valence-corrected chi connectivity index (χ4v) is 2.30. The molecule has 2 aromatic rings. The Labute approximate surface area is 150 Å². The largest absolute Gasteiger partial charge is 0.497 e. The van der Waals surface area contributed by atoms with E-state index in [-0.39, 0.29) is 23.8 Å². The number of hydrogen-bond donors (Lipinski definition) is 2. The number of carbonyl (C=O) groups is 2. The maximum atomic E-state index is 11.9. The van der Waals surface area contributed by atoms with Gasteiger partial charge >= 0.3 is 5.97 Å². The maximum absolute atomic E-state index is 11.9. The molecule has 2 rings (SSSR count). The van der Waals surface area contributed by atoms with E-state index in [1.165, 1.54) is 18.2 Å². The lowest BCUT2D eigenvalue weighted by molar-refractivity contribution is -0.124. The van der Waals surface area contributed by atoms with Crippen molar-refractivity contribution >= 4 is 29.2 Å². The van der Waals surface area contributed by atoms with Crippen LogP contribution in [0.1, 0.15) is 15.9 Å². The molecule has 0 aliphatic carbocycles. The number of nitrogens with one attached hydrogen (secondary N) is 1. The molecule has 0 atom stereocenters. The first-order chi connectivity index (χ1) is 12.0. The van der Waals surface area contributed by atoms with Crippen LogP contribution in [-0.2, 0) is 16.0 Å². The number of anilines is 1. The molecule has 0 bridgehead atoms. The number of amides is 1. The van der Waals surface area contributed by atoms with Crippen LogP contribution in [-0.4, -0.2) is 32.1 Å². The van der Waals surface area contributed by atoms with E-state index in [0.29, 0.717) is 18.0 Å². The maximum Gasteiger partial charge on any atom is 0.340 e. The molecule has 0 aliphatic rings. The third-order valence-corrected chi connectivity index (χ3v) is 3.70. The Bertz CT molecular complexity index is 747. The monoisotopic (exact) mass is 362 g/mol. The van der Waals surface area contributed by atoms with Crippen molar-refractivity contribution < 1.29 is 19.1 Å². The number of nitrogen functional groups attached to an aromatic ring is 1. The molecule has 7 heteroatoms. The van der Waals surface area contributed by atoms with Crippen LogP contribution in [0.2, 0.25) is 5.02 Å². The Kier molecular flexibility index (Phi) is 6.65. The van der Waals surface area contributed by atoms with E-state index >= 15 is 0 Å². The van der Waals surface area contributed by atoms with E-state index < -0.39 is 5.97 Å². The molecule has 0 unspecified atom stereocenters. The van der Waals surface area contributed by atoms with Crippen molar-refractivity contribution in [3.05, 3.63) is 58.6 Å². The second-order valence-electron chi connectivity index (χ2n) is 5.26. The smallest absolute Gasteiger partial charge is 0.340 e. The van der Waals surface area contributed by atoms with Crippen LogP contribution in [0, 0.1) is 0 Å². The van der Waals surface area contributed by atoms with Crippen molar-refractivity contribution in [2.75, 3.05) is 26.0 Å². The third kappa shape index (κ3) is 5.69. The summed E-state index contributed by atoms with van der Waals surface area (Å²) in [6.07, 6.45) is 0.661. The Balaban J connectivity index is 1.73. The molecular weight excluding hydrogens is 344 g/mol. The number of methoxy groups -OCH3 is 1. The van der Waals surface area contributed by atoms with Crippen molar-refractivity contribution in [2.24, 2.45) is 0 Å². The highest BCUT2D eigenvalue weighted by Gasteiger charge is 2.13. The van der Waals surface area contributed by atoms with Gasteiger partial charge in [-0.2, -0.15) is 0 Å². The van der Waals surface area contributed by atoms with Crippen LogP contribution in [0.25, 0.3) is 0 Å². The molecule has 0 heterocycles. The molecule has 6 nitrogen and oxygen atoms in total. The predicted octanol–water partition coefficient (Wildman–Crippen LogP) is 2.45. The molecule has 25 heavy (non-hydrogen) atoms. The van der Waals surface area contributed by atoms with Gasteiger partial charge in [0, 0.05) is 17.3 Å². The summed E-state index contributed by atoms with van der Waals surface area (Å²) < 4.78 is 10.0. The number of nitrogens with two attached hydrogens (primary N) is 1. The number of halogens is 1. The predicted molar refractivity (Wildman–Crippen MR) is 95.9 cm³/mol. The van der Waals surface area contributed by atoms with Gasteiger partial charge in [-0.25, -0.2) is 4.79 Å².